The molecule has 1 heterocycles. The molecule has 116 valence electrons. The average Bonchev–Trinajstić information content (AvgIpc) is 2.74. The van der Waals surface area contributed by atoms with Crippen LogP contribution in [0, 0.1) is 16.2 Å². The smallest absolute Gasteiger partial charge is 0.240 e. The molecule has 5 nitrogen and oxygen atoms in total. The van der Waals surface area contributed by atoms with Crippen LogP contribution in [-0.2, 0) is 14.4 Å². The lowest BCUT2D eigenvalue weighted by molar-refractivity contribution is -0.147. The highest BCUT2D eigenvalue weighted by Gasteiger charge is 2.77. The third-order valence-corrected chi connectivity index (χ3v) is 6.12. The molecule has 2 aliphatic rings. The van der Waals surface area contributed by atoms with E-state index in [-0.39, 0.29) is 0 Å². The van der Waals surface area contributed by atoms with Gasteiger partial charge in [0.05, 0.1) is 5.02 Å². The van der Waals surface area contributed by atoms with E-state index in [9.17, 15) is 14.4 Å². The van der Waals surface area contributed by atoms with Gasteiger partial charge in [0.2, 0.25) is 17.5 Å². The van der Waals surface area contributed by atoms with Gasteiger partial charge in [-0.3, -0.25) is 14.4 Å². The van der Waals surface area contributed by atoms with Crippen LogP contribution in [0.4, 0.5) is 5.82 Å². The zero-order valence-corrected chi connectivity index (χ0v) is 13.5. The van der Waals surface area contributed by atoms with E-state index >= 15 is 0 Å². The fourth-order valence-corrected chi connectivity index (χ4v) is 4.06. The topological polar surface area (TPSA) is 76.1 Å². The summed E-state index contributed by atoms with van der Waals surface area (Å²) in [5, 5.41) is 3.13. The Bertz CT molecular complexity index is 698. The lowest BCUT2D eigenvalue weighted by atomic mass is 9.64. The number of nitrogens with zero attached hydrogens (tertiary/aromatic N) is 1. The average molecular weight is 321 g/mol. The van der Waals surface area contributed by atoms with Crippen molar-refractivity contribution >= 4 is 34.9 Å². The highest BCUT2D eigenvalue weighted by molar-refractivity contribution is 6.49. The molecule has 2 fully saturated rings. The molecule has 1 aromatic heterocycles. The Morgan fingerprint density at radius 2 is 1.86 bits per heavy atom. The van der Waals surface area contributed by atoms with Gasteiger partial charge < -0.3 is 5.32 Å². The third kappa shape index (κ3) is 1.55. The molecule has 0 saturated heterocycles. The molecule has 0 spiro atoms. The quantitative estimate of drug-likeness (QED) is 0.671. The molecule has 3 rings (SSSR count). The standard InChI is InChI=1S/C16H17ClN2O3/c1-14(2)15(3)6-7-16(14,12(21)11(15)20)13(22)19-10-5-4-9(17)8-18-10/h4-5,8H,6-7H2,1-3H3,(H,18,19,22). The van der Waals surface area contributed by atoms with Gasteiger partial charge in [0.25, 0.3) is 0 Å². The molecule has 1 amide bonds. The second-order valence-electron chi connectivity index (χ2n) is 6.84. The SMILES string of the molecule is CC12CCC(C(=O)Nc3ccc(Cl)cn3)(C(=O)C1=O)C2(C)C. The van der Waals surface area contributed by atoms with E-state index in [0.717, 1.165) is 0 Å². The third-order valence-electron chi connectivity index (χ3n) is 5.90. The number of fused-ring (bicyclic) bond motifs is 2. The molecular formula is C16H17ClN2O3. The summed E-state index contributed by atoms with van der Waals surface area (Å²) in [5.74, 6) is -1.13. The number of amides is 1. The molecule has 2 bridgehead atoms. The number of anilines is 1. The first-order valence-electron chi connectivity index (χ1n) is 7.19. The minimum absolute atomic E-state index is 0.320. The van der Waals surface area contributed by atoms with Crippen molar-refractivity contribution < 1.29 is 14.4 Å². The lowest BCUT2D eigenvalue weighted by Gasteiger charge is -2.36. The van der Waals surface area contributed by atoms with Gasteiger partial charge in [0.15, 0.2) is 0 Å². The molecule has 2 unspecified atom stereocenters. The Hall–Kier alpha value is -1.75. The van der Waals surface area contributed by atoms with Crippen LogP contribution in [0.3, 0.4) is 0 Å². The number of Topliss-reactive ketones (excluding diaryl/α,β-unsaturated/α-hetero) is 2. The van der Waals surface area contributed by atoms with Gasteiger partial charge in [-0.25, -0.2) is 4.98 Å². The first-order chi connectivity index (χ1) is 10.2. The molecule has 22 heavy (non-hydrogen) atoms. The molecule has 2 saturated carbocycles. The van der Waals surface area contributed by atoms with Gasteiger partial charge >= 0.3 is 0 Å². The van der Waals surface area contributed by atoms with Crippen LogP contribution >= 0.6 is 11.6 Å². The van der Waals surface area contributed by atoms with E-state index in [1.54, 1.807) is 19.1 Å². The zero-order chi connectivity index (χ0) is 16.3. The number of aromatic nitrogens is 1. The maximum absolute atomic E-state index is 12.8. The number of rotatable bonds is 2. The summed E-state index contributed by atoms with van der Waals surface area (Å²) in [6.45, 7) is 5.45. The maximum atomic E-state index is 12.8. The molecule has 1 N–H and O–H groups in total. The van der Waals surface area contributed by atoms with Gasteiger partial charge in [0, 0.05) is 11.6 Å². The van der Waals surface area contributed by atoms with Crippen LogP contribution in [0.15, 0.2) is 18.3 Å². The summed E-state index contributed by atoms with van der Waals surface area (Å²) in [7, 11) is 0. The van der Waals surface area contributed by atoms with Crippen molar-refractivity contribution in [3.05, 3.63) is 23.4 Å². The summed E-state index contributed by atoms with van der Waals surface area (Å²) in [4.78, 5) is 41.7. The Morgan fingerprint density at radius 3 is 2.36 bits per heavy atom. The largest absolute Gasteiger partial charge is 0.310 e. The number of hydrogen-bond acceptors (Lipinski definition) is 4. The lowest BCUT2D eigenvalue weighted by Crippen LogP contribution is -2.47. The van der Waals surface area contributed by atoms with E-state index < -0.39 is 33.7 Å². The normalized spacial score (nSPS) is 32.4. The Balaban J connectivity index is 1.99. The van der Waals surface area contributed by atoms with Crippen LogP contribution in [0.2, 0.25) is 5.02 Å². The first kappa shape index (κ1) is 15.2. The minimum Gasteiger partial charge on any atom is -0.310 e. The molecule has 0 radical (unpaired) electrons. The van der Waals surface area contributed by atoms with Crippen molar-refractivity contribution in [2.24, 2.45) is 16.2 Å². The highest BCUT2D eigenvalue weighted by atomic mass is 35.5. The Labute approximate surface area is 133 Å². The van der Waals surface area contributed by atoms with Crippen LogP contribution < -0.4 is 5.32 Å². The summed E-state index contributed by atoms with van der Waals surface area (Å²) in [6, 6.07) is 3.17. The number of pyridine rings is 1. The van der Waals surface area contributed by atoms with E-state index in [1.807, 2.05) is 13.8 Å². The summed E-state index contributed by atoms with van der Waals surface area (Å²) < 4.78 is 0. The predicted molar refractivity (Wildman–Crippen MR) is 81.4 cm³/mol. The number of carbonyl (C=O) groups is 3. The zero-order valence-electron chi connectivity index (χ0n) is 12.7. The second-order valence-corrected chi connectivity index (χ2v) is 7.27. The number of carbonyl (C=O) groups excluding carboxylic acids is 3. The monoisotopic (exact) mass is 320 g/mol. The van der Waals surface area contributed by atoms with Gasteiger partial charge in [-0.05, 0) is 30.4 Å². The van der Waals surface area contributed by atoms with Crippen molar-refractivity contribution in [2.45, 2.75) is 33.6 Å². The van der Waals surface area contributed by atoms with Gasteiger partial charge in [0.1, 0.15) is 11.2 Å². The van der Waals surface area contributed by atoms with E-state index in [2.05, 4.69) is 10.3 Å². The van der Waals surface area contributed by atoms with Crippen LogP contribution in [0.1, 0.15) is 33.6 Å². The van der Waals surface area contributed by atoms with Crippen molar-refractivity contribution in [2.75, 3.05) is 5.32 Å². The van der Waals surface area contributed by atoms with E-state index in [4.69, 9.17) is 11.6 Å². The fraction of sp³-hybridized carbons (Fsp3) is 0.500. The maximum Gasteiger partial charge on any atom is 0.240 e. The van der Waals surface area contributed by atoms with Crippen molar-refractivity contribution in [3.63, 3.8) is 0 Å². The van der Waals surface area contributed by atoms with E-state index in [0.29, 0.717) is 23.7 Å². The van der Waals surface area contributed by atoms with Crippen molar-refractivity contribution in [3.8, 4) is 0 Å². The number of nitrogens with one attached hydrogen (secondary N) is 1. The summed E-state index contributed by atoms with van der Waals surface area (Å²) in [5.41, 5.74) is -2.79. The van der Waals surface area contributed by atoms with Crippen LogP contribution in [-0.4, -0.2) is 22.5 Å². The highest BCUT2D eigenvalue weighted by Crippen LogP contribution is 2.69. The summed E-state index contributed by atoms with van der Waals surface area (Å²) in [6.07, 6.45) is 2.35. The summed E-state index contributed by atoms with van der Waals surface area (Å²) >= 11 is 5.77. The van der Waals surface area contributed by atoms with Gasteiger partial charge in [-0.1, -0.05) is 32.4 Å². The van der Waals surface area contributed by atoms with Gasteiger partial charge in [-0.15, -0.1) is 0 Å². The second kappa shape index (κ2) is 4.38. The number of ketones is 2. The molecule has 0 aromatic carbocycles. The van der Waals surface area contributed by atoms with Crippen molar-refractivity contribution in [1.29, 1.82) is 0 Å². The molecule has 2 atom stereocenters. The van der Waals surface area contributed by atoms with Gasteiger partial charge in [-0.2, -0.15) is 0 Å². The minimum atomic E-state index is -1.31. The van der Waals surface area contributed by atoms with E-state index in [1.165, 1.54) is 6.20 Å². The molecule has 0 aliphatic heterocycles. The molecule has 6 heteroatoms. The Kier molecular flexibility index (Phi) is 3.02. The number of hydrogen-bond donors (Lipinski definition) is 1. The first-order valence-corrected chi connectivity index (χ1v) is 7.57. The number of halogens is 1. The van der Waals surface area contributed by atoms with Crippen LogP contribution in [0.25, 0.3) is 0 Å². The predicted octanol–water partition coefficient (Wildman–Crippen LogP) is 2.64. The van der Waals surface area contributed by atoms with Crippen molar-refractivity contribution in [1.82, 2.24) is 4.98 Å². The molecule has 1 aromatic rings. The van der Waals surface area contributed by atoms with Crippen LogP contribution in [0.5, 0.6) is 0 Å². The Morgan fingerprint density at radius 1 is 1.18 bits per heavy atom. The fourth-order valence-electron chi connectivity index (χ4n) is 3.95. The molecular weight excluding hydrogens is 304 g/mol. The molecule has 2 aliphatic carbocycles.